The molecule has 0 radical (unpaired) electrons. The SMILES string of the molecule is C=CCN(N(C)C(=O)c1ccccc1)S(=O)(=O)c1ccccc1. The van der Waals surface area contributed by atoms with Gasteiger partial charge >= 0.3 is 0 Å². The first kappa shape index (κ1) is 16.9. The van der Waals surface area contributed by atoms with Crippen LogP contribution in [0.5, 0.6) is 0 Å². The molecule has 0 saturated heterocycles. The summed E-state index contributed by atoms with van der Waals surface area (Å²) in [7, 11) is -2.42. The average molecular weight is 330 g/mol. The highest BCUT2D eigenvalue weighted by Gasteiger charge is 2.30. The van der Waals surface area contributed by atoms with E-state index in [1.54, 1.807) is 48.5 Å². The minimum Gasteiger partial charge on any atom is -0.268 e. The van der Waals surface area contributed by atoms with Crippen LogP contribution in [-0.2, 0) is 10.0 Å². The summed E-state index contributed by atoms with van der Waals surface area (Å²) in [4.78, 5) is 12.6. The Kier molecular flexibility index (Phi) is 5.31. The standard InChI is InChI=1S/C17H18N2O3S/c1-3-14-19(23(21,22)16-12-8-5-9-13-16)18(2)17(20)15-10-6-4-7-11-15/h3-13H,1,14H2,2H3. The summed E-state index contributed by atoms with van der Waals surface area (Å²) in [5.41, 5.74) is 0.410. The van der Waals surface area contributed by atoms with E-state index in [-0.39, 0.29) is 11.4 Å². The number of hydrogen-bond donors (Lipinski definition) is 0. The van der Waals surface area contributed by atoms with Crippen LogP contribution in [0.1, 0.15) is 10.4 Å². The quantitative estimate of drug-likeness (QED) is 0.604. The highest BCUT2D eigenvalue weighted by molar-refractivity contribution is 7.89. The Morgan fingerprint density at radius 1 is 1.04 bits per heavy atom. The van der Waals surface area contributed by atoms with E-state index in [0.717, 1.165) is 9.42 Å². The molecule has 0 aliphatic heterocycles. The second-order valence-corrected chi connectivity index (χ2v) is 6.65. The van der Waals surface area contributed by atoms with Crippen molar-refractivity contribution in [3.05, 3.63) is 78.9 Å². The predicted octanol–water partition coefficient (Wildman–Crippen LogP) is 2.55. The molecular formula is C17H18N2O3S. The number of carbonyl (C=O) groups excluding carboxylic acids is 1. The van der Waals surface area contributed by atoms with E-state index in [0.29, 0.717) is 5.56 Å². The number of benzene rings is 2. The minimum absolute atomic E-state index is 0.00764. The van der Waals surface area contributed by atoms with Crippen molar-refractivity contribution in [2.24, 2.45) is 0 Å². The van der Waals surface area contributed by atoms with Crippen molar-refractivity contribution in [1.29, 1.82) is 0 Å². The van der Waals surface area contributed by atoms with Gasteiger partial charge in [-0.05, 0) is 24.3 Å². The summed E-state index contributed by atoms with van der Waals surface area (Å²) < 4.78 is 26.6. The van der Waals surface area contributed by atoms with Crippen LogP contribution < -0.4 is 0 Å². The maximum atomic E-state index is 12.8. The van der Waals surface area contributed by atoms with Crippen LogP contribution >= 0.6 is 0 Å². The fourth-order valence-corrected chi connectivity index (χ4v) is 3.52. The molecule has 2 rings (SSSR count). The zero-order chi connectivity index (χ0) is 16.9. The molecule has 0 heterocycles. The summed E-state index contributed by atoms with van der Waals surface area (Å²) >= 11 is 0. The van der Waals surface area contributed by atoms with E-state index >= 15 is 0 Å². The van der Waals surface area contributed by atoms with Gasteiger partial charge in [0.15, 0.2) is 0 Å². The number of rotatable bonds is 6. The number of carbonyl (C=O) groups is 1. The highest BCUT2D eigenvalue weighted by atomic mass is 32.2. The molecule has 0 atom stereocenters. The maximum Gasteiger partial charge on any atom is 0.268 e. The molecule has 0 unspecified atom stereocenters. The van der Waals surface area contributed by atoms with Crippen LogP contribution in [0, 0.1) is 0 Å². The van der Waals surface area contributed by atoms with Gasteiger partial charge in [-0.2, -0.15) is 0 Å². The van der Waals surface area contributed by atoms with Crippen LogP contribution in [0.2, 0.25) is 0 Å². The van der Waals surface area contributed by atoms with Gasteiger partial charge in [0.2, 0.25) is 0 Å². The summed E-state index contributed by atoms with van der Waals surface area (Å²) in [6.45, 7) is 3.57. The Morgan fingerprint density at radius 3 is 2.09 bits per heavy atom. The number of nitrogens with zero attached hydrogens (tertiary/aromatic N) is 2. The lowest BCUT2D eigenvalue weighted by atomic mass is 10.2. The van der Waals surface area contributed by atoms with Crippen molar-refractivity contribution in [2.45, 2.75) is 4.90 Å². The molecule has 0 aromatic heterocycles. The van der Waals surface area contributed by atoms with Gasteiger partial charge in [0.1, 0.15) is 0 Å². The largest absolute Gasteiger partial charge is 0.268 e. The van der Waals surface area contributed by atoms with Crippen LogP contribution in [0.4, 0.5) is 0 Å². The zero-order valence-electron chi connectivity index (χ0n) is 12.8. The Morgan fingerprint density at radius 2 is 1.57 bits per heavy atom. The van der Waals surface area contributed by atoms with Gasteiger partial charge in [-0.25, -0.2) is 8.42 Å². The Labute approximate surface area is 136 Å². The molecule has 120 valence electrons. The molecule has 0 fully saturated rings. The van der Waals surface area contributed by atoms with Crippen molar-refractivity contribution in [2.75, 3.05) is 13.6 Å². The Hall–Kier alpha value is -2.44. The Bertz CT molecular complexity index is 774. The molecule has 6 heteroatoms. The summed E-state index contributed by atoms with van der Waals surface area (Å²) in [5, 5.41) is 1.10. The van der Waals surface area contributed by atoms with Gasteiger partial charge in [0.05, 0.1) is 11.4 Å². The topological polar surface area (TPSA) is 57.7 Å². The predicted molar refractivity (Wildman–Crippen MR) is 89.1 cm³/mol. The molecule has 5 nitrogen and oxygen atoms in total. The first-order valence-electron chi connectivity index (χ1n) is 7.00. The maximum absolute atomic E-state index is 12.8. The molecule has 0 bridgehead atoms. The van der Waals surface area contributed by atoms with Crippen LogP contribution in [0.25, 0.3) is 0 Å². The smallest absolute Gasteiger partial charge is 0.268 e. The van der Waals surface area contributed by atoms with Crippen molar-refractivity contribution in [3.8, 4) is 0 Å². The normalized spacial score (nSPS) is 11.2. The van der Waals surface area contributed by atoms with Crippen molar-refractivity contribution < 1.29 is 13.2 Å². The summed E-state index contributed by atoms with van der Waals surface area (Å²) in [5.74, 6) is -0.410. The van der Waals surface area contributed by atoms with Crippen LogP contribution in [0.3, 0.4) is 0 Å². The van der Waals surface area contributed by atoms with Gasteiger partial charge in [0.25, 0.3) is 15.9 Å². The molecule has 23 heavy (non-hydrogen) atoms. The van der Waals surface area contributed by atoms with E-state index in [1.807, 2.05) is 0 Å². The average Bonchev–Trinajstić information content (AvgIpc) is 2.60. The monoisotopic (exact) mass is 330 g/mol. The molecule has 1 amide bonds. The molecule has 0 N–H and O–H groups in total. The molecule has 2 aromatic rings. The van der Waals surface area contributed by atoms with E-state index in [2.05, 4.69) is 6.58 Å². The van der Waals surface area contributed by atoms with Crippen molar-refractivity contribution in [3.63, 3.8) is 0 Å². The summed E-state index contributed by atoms with van der Waals surface area (Å²) in [6.07, 6.45) is 1.44. The molecule has 0 aliphatic rings. The van der Waals surface area contributed by atoms with Gasteiger partial charge < -0.3 is 0 Å². The first-order chi connectivity index (χ1) is 11.0. The van der Waals surface area contributed by atoms with Gasteiger partial charge in [-0.1, -0.05) is 42.5 Å². The van der Waals surface area contributed by atoms with Crippen molar-refractivity contribution in [1.82, 2.24) is 9.42 Å². The Balaban J connectivity index is 2.38. The van der Waals surface area contributed by atoms with E-state index in [1.165, 1.54) is 25.3 Å². The fourth-order valence-electron chi connectivity index (χ4n) is 2.08. The molecule has 0 spiro atoms. The molecular weight excluding hydrogens is 312 g/mol. The van der Waals surface area contributed by atoms with Crippen LogP contribution in [0.15, 0.2) is 78.2 Å². The van der Waals surface area contributed by atoms with Gasteiger partial charge in [-0.15, -0.1) is 11.0 Å². The number of amides is 1. The lowest BCUT2D eigenvalue weighted by Crippen LogP contribution is -2.47. The minimum atomic E-state index is -3.85. The van der Waals surface area contributed by atoms with Crippen molar-refractivity contribution >= 4 is 15.9 Å². The molecule has 0 saturated carbocycles. The fraction of sp³-hybridized carbons (Fsp3) is 0.118. The second-order valence-electron chi connectivity index (χ2n) is 4.81. The van der Waals surface area contributed by atoms with E-state index in [9.17, 15) is 13.2 Å². The van der Waals surface area contributed by atoms with Crippen LogP contribution in [-0.4, -0.2) is 37.3 Å². The lowest BCUT2D eigenvalue weighted by molar-refractivity contribution is 0.0496. The second kappa shape index (κ2) is 7.21. The van der Waals surface area contributed by atoms with Gasteiger partial charge in [-0.3, -0.25) is 9.80 Å². The molecule has 2 aromatic carbocycles. The molecule has 0 aliphatic carbocycles. The number of hydrogen-bond acceptors (Lipinski definition) is 3. The summed E-state index contributed by atoms with van der Waals surface area (Å²) in [6, 6.07) is 16.5. The lowest BCUT2D eigenvalue weighted by Gasteiger charge is -2.30. The number of hydrazine groups is 1. The number of sulfonamides is 1. The van der Waals surface area contributed by atoms with Gasteiger partial charge in [0, 0.05) is 12.6 Å². The third-order valence-electron chi connectivity index (χ3n) is 3.25. The first-order valence-corrected chi connectivity index (χ1v) is 8.44. The highest BCUT2D eigenvalue weighted by Crippen LogP contribution is 2.18. The zero-order valence-corrected chi connectivity index (χ0v) is 13.6. The third-order valence-corrected chi connectivity index (χ3v) is 5.07. The van der Waals surface area contributed by atoms with E-state index < -0.39 is 15.9 Å². The third kappa shape index (κ3) is 3.67. The van der Waals surface area contributed by atoms with E-state index in [4.69, 9.17) is 0 Å².